The number of likely N-dealkylation sites (N-methyl/N-ethyl adjacent to an activating group) is 3. The van der Waals surface area contributed by atoms with Crippen molar-refractivity contribution in [3.05, 3.63) is 106 Å². The molecule has 6 rings (SSSR count). The zero-order valence-electron chi connectivity index (χ0n) is 57.0. The molecule has 8 amide bonds. The molecule has 3 aromatic rings. The maximum absolute atomic E-state index is 15.3. The van der Waals surface area contributed by atoms with E-state index in [1.54, 1.807) is 67.2 Å². The Balaban J connectivity index is 1.33. The van der Waals surface area contributed by atoms with Gasteiger partial charge in [-0.3, -0.25) is 43.4 Å². The minimum Gasteiger partial charge on any atom is -0.444 e. The van der Waals surface area contributed by atoms with Crippen molar-refractivity contribution in [2.24, 2.45) is 11.3 Å². The summed E-state index contributed by atoms with van der Waals surface area (Å²) in [5.41, 5.74) is 3.26. The molecule has 3 unspecified atom stereocenters. The highest BCUT2D eigenvalue weighted by atomic mass is 32.2. The molecule has 1 heterocycles. The number of aliphatic hydroxyl groups excluding tert-OH is 2. The lowest BCUT2D eigenvalue weighted by Crippen LogP contribution is -2.60. The van der Waals surface area contributed by atoms with E-state index in [4.69, 9.17) is 9.47 Å². The standard InChI is InChI=1S/C70H102N8O13S/c1-42(76(15)65(88)90-68(6,7)8)60(83)73-58(70(12,13)92-41-57(82)75(14)39-50(80)40-79)56(81)37-48(62(85)71-53-29-21-25-46-23-17-19-27-51(46)53)35-44-31-33-45(34-32-44)49-36-55(63(86)72-54-30-22-26-47-24-18-20-28-52(47)54)78(38-49)64(87)59(67(3,4)5)74-61(84)43(2)77(16)66(89)91-69(9,10)11/h17-20,23-24,27-28,31-34,42-43,48-50,53-55,58-59,79-80H,21-22,25-26,29-30,35-41H2,1-16H3,(H,71,85)(H,72,86)(H,73,83)(H,74,84)/t42-,43-,48+,49?,50+,53?,54?,55-,58+,59+/m0/s1. The maximum Gasteiger partial charge on any atom is 0.410 e. The van der Waals surface area contributed by atoms with Gasteiger partial charge in [-0.05, 0) is 159 Å². The first-order valence-corrected chi connectivity index (χ1v) is 33.3. The van der Waals surface area contributed by atoms with Crippen LogP contribution in [0.15, 0.2) is 72.8 Å². The van der Waals surface area contributed by atoms with E-state index < -0.39 is 112 Å². The lowest BCUT2D eigenvalue weighted by molar-refractivity contribution is -0.144. The molecule has 1 saturated heterocycles. The van der Waals surface area contributed by atoms with E-state index in [1.807, 2.05) is 87.5 Å². The molecule has 0 bridgehead atoms. The van der Waals surface area contributed by atoms with Gasteiger partial charge in [0.05, 0.1) is 30.5 Å². The van der Waals surface area contributed by atoms with Crippen molar-refractivity contribution in [3.63, 3.8) is 0 Å². The number of aliphatic hydroxyl groups is 2. The Labute approximate surface area is 548 Å². The number of hydrogen-bond donors (Lipinski definition) is 6. The summed E-state index contributed by atoms with van der Waals surface area (Å²) < 4.78 is 9.88. The zero-order chi connectivity index (χ0) is 68.4. The predicted octanol–water partition coefficient (Wildman–Crippen LogP) is 7.73. The van der Waals surface area contributed by atoms with Crippen LogP contribution in [0.2, 0.25) is 0 Å². The second kappa shape index (κ2) is 31.3. The highest BCUT2D eigenvalue weighted by Crippen LogP contribution is 2.38. The number of amides is 8. The van der Waals surface area contributed by atoms with E-state index in [0.717, 1.165) is 70.2 Å². The van der Waals surface area contributed by atoms with Gasteiger partial charge in [-0.2, -0.15) is 0 Å². The second-order valence-electron chi connectivity index (χ2n) is 28.8. The van der Waals surface area contributed by atoms with Crippen molar-refractivity contribution in [3.8, 4) is 0 Å². The SMILES string of the molecule is C[C@@H](C(=O)N[C@H](C(=O)N1CC(c2ccc(C[C@H](CC(=O)[C@@H](NC(=O)[C@H](C)N(C)C(=O)OC(C)(C)C)C(C)(C)SCC(=O)N(C)C[C@@H](O)CO)C(=O)NC3CCCc4ccccc43)cc2)C[C@H]1C(=O)NC1CCCc2ccccc21)C(C)(C)C)N(C)C(=O)OC(C)(C)C. The molecule has 0 radical (unpaired) electrons. The van der Waals surface area contributed by atoms with Gasteiger partial charge in [0.15, 0.2) is 5.78 Å². The summed E-state index contributed by atoms with van der Waals surface area (Å²) in [5, 5.41) is 32.0. The third kappa shape index (κ3) is 20.0. The van der Waals surface area contributed by atoms with E-state index in [2.05, 4.69) is 27.3 Å². The Morgan fingerprint density at radius 2 is 1.15 bits per heavy atom. The monoisotopic (exact) mass is 1290 g/mol. The molecule has 92 heavy (non-hydrogen) atoms. The highest BCUT2D eigenvalue weighted by molar-refractivity contribution is 8.01. The third-order valence-electron chi connectivity index (χ3n) is 17.7. The fraction of sp³-hybridized carbons (Fsp3) is 0.614. The third-order valence-corrected chi connectivity index (χ3v) is 19.1. The molecule has 22 heteroatoms. The molecule has 0 aromatic heterocycles. The Morgan fingerprint density at radius 3 is 1.64 bits per heavy atom. The number of Topliss-reactive ketones (excluding diaryl/α,β-unsaturated/α-hetero) is 1. The van der Waals surface area contributed by atoms with Gasteiger partial charge in [-0.1, -0.05) is 93.6 Å². The van der Waals surface area contributed by atoms with Gasteiger partial charge in [0.2, 0.25) is 35.4 Å². The summed E-state index contributed by atoms with van der Waals surface area (Å²) >= 11 is 1.09. The molecule has 0 saturated carbocycles. The van der Waals surface area contributed by atoms with Crippen LogP contribution < -0.4 is 21.3 Å². The molecule has 6 N–H and O–H groups in total. The first kappa shape index (κ1) is 74.0. The number of benzene rings is 3. The normalized spacial score (nSPS) is 19.4. The van der Waals surface area contributed by atoms with Crippen molar-refractivity contribution in [2.75, 3.05) is 46.6 Å². The lowest BCUT2D eigenvalue weighted by atomic mass is 9.85. The largest absolute Gasteiger partial charge is 0.444 e. The molecule has 21 nitrogen and oxygen atoms in total. The zero-order valence-corrected chi connectivity index (χ0v) is 57.8. The molecule has 506 valence electrons. The van der Waals surface area contributed by atoms with Crippen LogP contribution in [0, 0.1) is 11.3 Å². The average molecular weight is 1300 g/mol. The minimum atomic E-state index is -1.32. The first-order valence-electron chi connectivity index (χ1n) is 32.3. The molecule has 3 aromatic carbocycles. The maximum atomic E-state index is 15.3. The number of carbonyl (C=O) groups is 9. The molecule has 1 fully saturated rings. The number of ether oxygens (including phenoxy) is 2. The number of rotatable bonds is 24. The summed E-state index contributed by atoms with van der Waals surface area (Å²) in [6.07, 6.45) is 2.14. The Morgan fingerprint density at radius 1 is 0.663 bits per heavy atom. The Hall–Kier alpha value is -7.04. The van der Waals surface area contributed by atoms with Crippen LogP contribution in [0.1, 0.15) is 180 Å². The summed E-state index contributed by atoms with van der Waals surface area (Å²) in [4.78, 5) is 134. The molecular formula is C70H102N8O13S. The number of nitrogens with one attached hydrogen (secondary N) is 4. The smallest absolute Gasteiger partial charge is 0.410 e. The van der Waals surface area contributed by atoms with Gasteiger partial charge in [0.25, 0.3) is 0 Å². The van der Waals surface area contributed by atoms with Crippen LogP contribution in [-0.4, -0.2) is 182 Å². The lowest BCUT2D eigenvalue weighted by Gasteiger charge is -2.37. The first-order chi connectivity index (χ1) is 42.9. The number of hydrogen-bond acceptors (Lipinski definition) is 14. The van der Waals surface area contributed by atoms with Gasteiger partial charge >= 0.3 is 12.2 Å². The van der Waals surface area contributed by atoms with E-state index >= 15 is 14.4 Å². The van der Waals surface area contributed by atoms with Crippen molar-refractivity contribution in [2.45, 2.75) is 218 Å². The Bertz CT molecular complexity index is 3120. The molecule has 1 aliphatic heterocycles. The summed E-state index contributed by atoms with van der Waals surface area (Å²) in [6, 6.07) is 17.4. The summed E-state index contributed by atoms with van der Waals surface area (Å²) in [5.74, 6) is -4.89. The number of nitrogens with zero attached hydrogens (tertiary/aromatic N) is 4. The van der Waals surface area contributed by atoms with Gasteiger partial charge in [0.1, 0.15) is 41.4 Å². The fourth-order valence-corrected chi connectivity index (χ4v) is 13.1. The highest BCUT2D eigenvalue weighted by Gasteiger charge is 2.47. The van der Waals surface area contributed by atoms with Crippen LogP contribution >= 0.6 is 11.8 Å². The van der Waals surface area contributed by atoms with Crippen molar-refractivity contribution >= 4 is 65.2 Å². The van der Waals surface area contributed by atoms with E-state index in [-0.39, 0.29) is 67.9 Å². The van der Waals surface area contributed by atoms with Crippen LogP contribution in [0.5, 0.6) is 0 Å². The summed E-state index contributed by atoms with van der Waals surface area (Å²) in [6.45, 7) is 21.7. The average Bonchev–Trinajstić information content (AvgIpc) is 1.56. The van der Waals surface area contributed by atoms with E-state index in [9.17, 15) is 39.0 Å². The van der Waals surface area contributed by atoms with Crippen molar-refractivity contribution < 1.29 is 62.8 Å². The number of thioether (sulfide) groups is 1. The molecule has 3 aliphatic rings. The predicted molar refractivity (Wildman–Crippen MR) is 354 cm³/mol. The minimum absolute atomic E-state index is 0.0758. The second-order valence-corrected chi connectivity index (χ2v) is 30.5. The number of likely N-dealkylation sites (tertiary alicyclic amines) is 1. The fourth-order valence-electron chi connectivity index (χ4n) is 12.0. The molecule has 10 atom stereocenters. The van der Waals surface area contributed by atoms with Gasteiger partial charge in [-0.15, -0.1) is 11.8 Å². The number of carbonyl (C=O) groups excluding carboxylic acids is 9. The van der Waals surface area contributed by atoms with Crippen molar-refractivity contribution in [1.29, 1.82) is 0 Å². The molecular weight excluding hydrogens is 1190 g/mol. The number of aryl methyl sites for hydroxylation is 2. The van der Waals surface area contributed by atoms with Crippen molar-refractivity contribution in [1.82, 2.24) is 40.9 Å². The van der Waals surface area contributed by atoms with Gasteiger partial charge in [0, 0.05) is 57.2 Å². The van der Waals surface area contributed by atoms with E-state index in [0.29, 0.717) is 18.4 Å². The van der Waals surface area contributed by atoms with E-state index in [1.165, 1.54) is 37.9 Å². The Kier molecular flexibility index (Phi) is 25.1. The topological polar surface area (TPSA) is 274 Å². The number of fused-ring (bicyclic) bond motifs is 2. The van der Waals surface area contributed by atoms with Gasteiger partial charge < -0.3 is 50.8 Å². The molecule has 0 spiro atoms. The molecule has 2 aliphatic carbocycles. The van der Waals surface area contributed by atoms with Crippen LogP contribution in [0.25, 0.3) is 0 Å². The number of ketones is 1. The quantitative estimate of drug-likeness (QED) is 0.0501. The van der Waals surface area contributed by atoms with Crippen LogP contribution in [0.3, 0.4) is 0 Å². The summed E-state index contributed by atoms with van der Waals surface area (Å²) in [7, 11) is 4.35. The van der Waals surface area contributed by atoms with Crippen LogP contribution in [-0.2, 0) is 62.3 Å². The van der Waals surface area contributed by atoms with Gasteiger partial charge in [-0.25, -0.2) is 9.59 Å². The van der Waals surface area contributed by atoms with Crippen LogP contribution in [0.4, 0.5) is 9.59 Å².